The lowest BCUT2D eigenvalue weighted by atomic mass is 9.74. The van der Waals surface area contributed by atoms with Crippen LogP contribution in [0.2, 0.25) is 0 Å². The first-order valence-electron chi connectivity index (χ1n) is 18.9. The second-order valence-electron chi connectivity index (χ2n) is 14.1. The summed E-state index contributed by atoms with van der Waals surface area (Å²) in [6, 6.07) is 15.5. The number of nitrogens with one attached hydrogen (secondary N) is 1. The lowest BCUT2D eigenvalue weighted by Gasteiger charge is -2.36. The molecule has 11 nitrogen and oxygen atoms in total. The topological polar surface area (TPSA) is 129 Å². The number of likely N-dealkylation sites (tertiary alicyclic amines) is 1. The fraction of sp³-hybridized carbons (Fsp3) is 0.512. The number of carbonyl (C=O) groups excluding carboxylic acids is 4. The van der Waals surface area contributed by atoms with Crippen LogP contribution in [-0.4, -0.2) is 90.3 Å². The van der Waals surface area contributed by atoms with Crippen molar-refractivity contribution in [1.29, 1.82) is 0 Å². The summed E-state index contributed by atoms with van der Waals surface area (Å²) in [5.41, 5.74) is 1.07. The highest BCUT2D eigenvalue weighted by Gasteiger charge is 2.73. The van der Waals surface area contributed by atoms with Gasteiger partial charge in [0.05, 0.1) is 18.1 Å². The second kappa shape index (κ2) is 16.5. The number of cyclic esters (lactones) is 1. The van der Waals surface area contributed by atoms with E-state index in [2.05, 4.69) is 24.1 Å². The molecule has 0 saturated carbocycles. The van der Waals surface area contributed by atoms with E-state index < -0.39 is 47.7 Å². The Hall–Kier alpha value is -4.48. The van der Waals surface area contributed by atoms with Crippen LogP contribution in [0.5, 0.6) is 0 Å². The molecule has 11 heteroatoms. The molecule has 1 spiro atoms. The fourth-order valence-electron chi connectivity index (χ4n) is 8.33. The van der Waals surface area contributed by atoms with Gasteiger partial charge in [0.15, 0.2) is 0 Å². The van der Waals surface area contributed by atoms with E-state index in [1.54, 1.807) is 15.9 Å². The van der Waals surface area contributed by atoms with E-state index in [0.29, 0.717) is 37.1 Å². The van der Waals surface area contributed by atoms with Gasteiger partial charge in [-0.25, -0.2) is 0 Å². The Labute approximate surface area is 306 Å². The maximum absolute atomic E-state index is 15.1. The minimum absolute atomic E-state index is 0.0978. The highest BCUT2D eigenvalue weighted by atomic mass is 16.6. The Balaban J connectivity index is 1.41. The average molecular weight is 713 g/mol. The smallest absolute Gasteiger partial charge is 0.313 e. The molecule has 6 rings (SSSR count). The zero-order valence-corrected chi connectivity index (χ0v) is 30.5. The van der Waals surface area contributed by atoms with Crippen molar-refractivity contribution in [2.24, 2.45) is 11.8 Å². The molecule has 4 heterocycles. The highest BCUT2D eigenvalue weighted by molar-refractivity contribution is 6.05. The van der Waals surface area contributed by atoms with Crippen LogP contribution < -0.4 is 15.1 Å². The molecule has 4 aliphatic heterocycles. The number of hydrogen-bond donors (Lipinski definition) is 2. The van der Waals surface area contributed by atoms with Crippen LogP contribution in [0.1, 0.15) is 71.0 Å². The third kappa shape index (κ3) is 7.25. The molecule has 4 aliphatic rings. The van der Waals surface area contributed by atoms with Crippen LogP contribution in [0.3, 0.4) is 0 Å². The summed E-state index contributed by atoms with van der Waals surface area (Å²) in [5.74, 6) is -3.33. The molecule has 0 aromatic heterocycles. The third-order valence-corrected chi connectivity index (χ3v) is 10.9. The summed E-state index contributed by atoms with van der Waals surface area (Å²) in [4.78, 5) is 62.7. The molecule has 7 atom stereocenters. The van der Waals surface area contributed by atoms with Gasteiger partial charge in [0, 0.05) is 50.6 Å². The fourth-order valence-corrected chi connectivity index (χ4v) is 8.33. The van der Waals surface area contributed by atoms with Gasteiger partial charge in [0.1, 0.15) is 23.7 Å². The lowest BCUT2D eigenvalue weighted by molar-refractivity contribution is -0.161. The van der Waals surface area contributed by atoms with Crippen molar-refractivity contribution in [2.75, 3.05) is 42.6 Å². The number of aliphatic hydroxyl groups is 1. The Kier molecular flexibility index (Phi) is 11.8. The van der Waals surface area contributed by atoms with E-state index in [0.717, 1.165) is 31.6 Å². The molecular formula is C41H52N4O7. The molecule has 2 aromatic rings. The normalized spacial score (nSPS) is 29.6. The number of benzene rings is 2. The number of amides is 3. The number of rotatable bonds is 11. The third-order valence-electron chi connectivity index (χ3n) is 10.9. The van der Waals surface area contributed by atoms with E-state index >= 15 is 4.79 Å². The van der Waals surface area contributed by atoms with Crippen LogP contribution in [0.4, 0.5) is 11.4 Å². The number of anilines is 2. The molecule has 0 aliphatic carbocycles. The quantitative estimate of drug-likeness (QED) is 0.195. The maximum atomic E-state index is 15.1. The summed E-state index contributed by atoms with van der Waals surface area (Å²) >= 11 is 0. The minimum Gasteiger partial charge on any atom is -0.455 e. The van der Waals surface area contributed by atoms with E-state index in [9.17, 15) is 19.5 Å². The van der Waals surface area contributed by atoms with E-state index in [1.165, 1.54) is 0 Å². The number of fused-ring (bicyclic) bond motifs is 2. The Morgan fingerprint density at radius 2 is 1.65 bits per heavy atom. The van der Waals surface area contributed by atoms with Gasteiger partial charge in [0.2, 0.25) is 11.8 Å². The maximum Gasteiger partial charge on any atom is 0.313 e. The summed E-state index contributed by atoms with van der Waals surface area (Å²) in [7, 11) is 0. The van der Waals surface area contributed by atoms with Crippen LogP contribution >= 0.6 is 0 Å². The number of hydrogen-bond acceptors (Lipinski definition) is 8. The number of carbonyl (C=O) groups is 4. The van der Waals surface area contributed by atoms with Crippen molar-refractivity contribution in [3.8, 4) is 0 Å². The van der Waals surface area contributed by atoms with Crippen molar-refractivity contribution < 1.29 is 33.8 Å². The number of esters is 1. The van der Waals surface area contributed by atoms with Crippen molar-refractivity contribution in [1.82, 2.24) is 10.2 Å². The Bertz CT molecular complexity index is 1640. The number of ether oxygens (including phenoxy) is 2. The van der Waals surface area contributed by atoms with Crippen LogP contribution in [-0.2, 0) is 28.7 Å². The monoisotopic (exact) mass is 712 g/mol. The standard InChI is InChI=1S/C41H52N4O7/c1-4-43(5-2)30-19-21-31(22-20-30)44-25-14-9-12-18-33(47)42-28(3)36(29-16-10-8-11-17-29)51-40(50)34-32-23-24-41(52-32)35(34)38(48)45(37(41)39(44)49)26-13-6-7-15-27-46/h8-11,14,16-17,19-24,28,32,34-37,46H,4-7,12-13,15,18,25-27H2,1-3H3,(H,42,47)/b14-9-/t28-,32+,34-,35-,36+,37+,41-/m0/s1. The minimum atomic E-state index is -1.35. The second-order valence-corrected chi connectivity index (χ2v) is 14.1. The predicted molar refractivity (Wildman–Crippen MR) is 198 cm³/mol. The summed E-state index contributed by atoms with van der Waals surface area (Å²) in [6.07, 6.45) is 9.37. The van der Waals surface area contributed by atoms with Gasteiger partial charge >= 0.3 is 5.97 Å². The molecule has 0 unspecified atom stereocenters. The van der Waals surface area contributed by atoms with Crippen molar-refractivity contribution in [3.63, 3.8) is 0 Å². The van der Waals surface area contributed by atoms with Gasteiger partial charge in [0.25, 0.3) is 5.91 Å². The first kappa shape index (κ1) is 37.3. The molecule has 278 valence electrons. The van der Waals surface area contributed by atoms with Crippen LogP contribution in [0, 0.1) is 11.8 Å². The number of unbranched alkanes of at least 4 members (excludes halogenated alkanes) is 3. The summed E-state index contributed by atoms with van der Waals surface area (Å²) in [5, 5.41) is 12.3. The molecule has 2 aromatic carbocycles. The van der Waals surface area contributed by atoms with Gasteiger partial charge in [-0.3, -0.25) is 19.2 Å². The zero-order chi connectivity index (χ0) is 36.8. The molecule has 2 fully saturated rings. The summed E-state index contributed by atoms with van der Waals surface area (Å²) < 4.78 is 12.9. The first-order valence-corrected chi connectivity index (χ1v) is 18.9. The molecule has 2 N–H and O–H groups in total. The molecular weight excluding hydrogens is 660 g/mol. The van der Waals surface area contributed by atoms with Crippen molar-refractivity contribution >= 4 is 35.1 Å². The van der Waals surface area contributed by atoms with E-state index in [-0.39, 0.29) is 37.3 Å². The lowest BCUT2D eigenvalue weighted by Crippen LogP contribution is -2.56. The number of allylic oxidation sites excluding steroid dienone is 1. The molecule has 52 heavy (non-hydrogen) atoms. The van der Waals surface area contributed by atoms with Gasteiger partial charge in [-0.2, -0.15) is 0 Å². The Morgan fingerprint density at radius 1 is 0.923 bits per heavy atom. The highest BCUT2D eigenvalue weighted by Crippen LogP contribution is 2.56. The van der Waals surface area contributed by atoms with Gasteiger partial charge in [-0.05, 0) is 69.9 Å². The van der Waals surface area contributed by atoms with E-state index in [1.807, 2.05) is 79.7 Å². The predicted octanol–water partition coefficient (Wildman–Crippen LogP) is 4.71. The van der Waals surface area contributed by atoms with Crippen molar-refractivity contribution in [2.45, 2.75) is 89.2 Å². The average Bonchev–Trinajstić information content (AvgIpc) is 3.80. The van der Waals surface area contributed by atoms with E-state index in [4.69, 9.17) is 9.47 Å². The molecule has 2 saturated heterocycles. The largest absolute Gasteiger partial charge is 0.455 e. The summed E-state index contributed by atoms with van der Waals surface area (Å²) in [6.45, 7) is 8.31. The molecule has 3 amide bonds. The first-order chi connectivity index (χ1) is 25.2. The molecule has 5 bridgehead atoms. The molecule has 0 radical (unpaired) electrons. The van der Waals surface area contributed by atoms with Crippen molar-refractivity contribution in [3.05, 3.63) is 84.5 Å². The van der Waals surface area contributed by atoms with Gasteiger partial charge in [-0.1, -0.05) is 67.5 Å². The number of aliphatic hydroxyl groups excluding tert-OH is 1. The van der Waals surface area contributed by atoms with Gasteiger partial charge in [-0.15, -0.1) is 0 Å². The van der Waals surface area contributed by atoms with Crippen LogP contribution in [0.15, 0.2) is 78.9 Å². The van der Waals surface area contributed by atoms with Gasteiger partial charge < -0.3 is 34.6 Å². The SMILES string of the molecule is CCN(CC)c1ccc(N2C/C=C\CCC(=O)N[C@@H](C)[C@H](c3ccccc3)OC(=O)[C@@H]3[C@H]4C(=O)N(CCCCCCO)[C@H](C2=O)[C@]42C=C[C@H]3O2)cc1. The number of nitrogens with zero attached hydrogens (tertiary/aromatic N) is 3. The zero-order valence-electron chi connectivity index (χ0n) is 30.5. The van der Waals surface area contributed by atoms with Crippen LogP contribution in [0.25, 0.3) is 0 Å². The Morgan fingerprint density at radius 3 is 2.37 bits per heavy atom.